The molecule has 12 nitrogen and oxygen atoms in total. The summed E-state index contributed by atoms with van der Waals surface area (Å²) in [6.45, 7) is 9.98. The molecule has 48 heavy (non-hydrogen) atoms. The van der Waals surface area contributed by atoms with Crippen molar-refractivity contribution in [3.8, 4) is 11.5 Å². The molecular weight excluding hydrogens is 616 g/mol. The van der Waals surface area contributed by atoms with Crippen molar-refractivity contribution >= 4 is 40.9 Å². The minimum atomic E-state index is -1.04. The van der Waals surface area contributed by atoms with Gasteiger partial charge in [-0.2, -0.15) is 0 Å². The number of nitrogens with zero attached hydrogens (tertiary/aromatic N) is 3. The van der Waals surface area contributed by atoms with Gasteiger partial charge in [0.25, 0.3) is 5.91 Å². The van der Waals surface area contributed by atoms with E-state index in [0.29, 0.717) is 48.1 Å². The van der Waals surface area contributed by atoms with Crippen molar-refractivity contribution in [2.45, 2.75) is 77.5 Å². The number of hydrogen-bond donors (Lipinski definition) is 1. The molecule has 1 saturated heterocycles. The first kappa shape index (κ1) is 35.0. The smallest absolute Gasteiger partial charge is 0.410 e. The molecule has 0 radical (unpaired) electrons. The molecule has 3 aliphatic rings. The third-order valence-corrected chi connectivity index (χ3v) is 8.70. The second-order valence-electron chi connectivity index (χ2n) is 14.2. The largest absolute Gasteiger partial charge is 0.495 e. The highest BCUT2D eigenvalue weighted by Crippen LogP contribution is 2.43. The number of benzene rings is 2. The van der Waals surface area contributed by atoms with Gasteiger partial charge in [0.1, 0.15) is 17.1 Å². The number of nitrogens with one attached hydrogen (secondary N) is 1. The van der Waals surface area contributed by atoms with Gasteiger partial charge in [-0.1, -0.05) is 12.1 Å². The van der Waals surface area contributed by atoms with Gasteiger partial charge in [-0.05, 0) is 90.6 Å². The summed E-state index contributed by atoms with van der Waals surface area (Å²) in [6.07, 6.45) is 1.94. The number of hydrogen-bond acceptors (Lipinski definition) is 8. The van der Waals surface area contributed by atoms with Crippen LogP contribution in [0.5, 0.6) is 11.5 Å². The number of rotatable bonds is 10. The molecule has 2 aliphatic heterocycles. The van der Waals surface area contributed by atoms with Crippen LogP contribution in [0.25, 0.3) is 0 Å². The fourth-order valence-corrected chi connectivity index (χ4v) is 6.27. The number of carbonyl (C=O) groups is 4. The molecule has 1 saturated carbocycles. The van der Waals surface area contributed by atoms with Crippen LogP contribution in [0.2, 0.25) is 0 Å². The van der Waals surface area contributed by atoms with E-state index in [0.717, 1.165) is 12.8 Å². The first-order valence-corrected chi connectivity index (χ1v) is 16.6. The van der Waals surface area contributed by atoms with E-state index < -0.39 is 29.1 Å². The first-order chi connectivity index (χ1) is 22.7. The van der Waals surface area contributed by atoms with Crippen molar-refractivity contribution in [3.05, 3.63) is 42.5 Å². The van der Waals surface area contributed by atoms with Crippen LogP contribution >= 0.6 is 0 Å². The number of amides is 4. The van der Waals surface area contributed by atoms with Crippen molar-refractivity contribution in [2.75, 3.05) is 55.6 Å². The van der Waals surface area contributed by atoms with E-state index in [1.807, 2.05) is 24.3 Å². The molecule has 0 unspecified atom stereocenters. The molecule has 1 N–H and O–H groups in total. The van der Waals surface area contributed by atoms with Crippen molar-refractivity contribution in [2.24, 2.45) is 11.8 Å². The fraction of sp³-hybridized carbons (Fsp3) is 0.556. The Hall–Kier alpha value is -4.32. The van der Waals surface area contributed by atoms with Gasteiger partial charge in [0.05, 0.1) is 30.3 Å². The molecule has 0 aromatic heterocycles. The first-order valence-electron chi connectivity index (χ1n) is 16.6. The van der Waals surface area contributed by atoms with Gasteiger partial charge in [-0.15, -0.1) is 0 Å². The molecule has 2 fully saturated rings. The quantitative estimate of drug-likeness (QED) is 0.342. The van der Waals surface area contributed by atoms with E-state index in [4.69, 9.17) is 18.9 Å². The van der Waals surface area contributed by atoms with Crippen LogP contribution in [0, 0.1) is 11.8 Å². The van der Waals surface area contributed by atoms with Gasteiger partial charge < -0.3 is 39.0 Å². The summed E-state index contributed by atoms with van der Waals surface area (Å²) >= 11 is 0. The van der Waals surface area contributed by atoms with Crippen LogP contribution in [0.15, 0.2) is 42.5 Å². The zero-order valence-electron chi connectivity index (χ0n) is 29.0. The number of likely N-dealkylation sites (tertiary alicyclic amines) is 1. The Kier molecular flexibility index (Phi) is 10.2. The number of para-hydroxylation sites is 2. The van der Waals surface area contributed by atoms with E-state index in [1.54, 1.807) is 69.7 Å². The Balaban J connectivity index is 1.44. The van der Waals surface area contributed by atoms with Gasteiger partial charge in [-0.25, -0.2) is 4.79 Å². The van der Waals surface area contributed by atoms with E-state index in [9.17, 15) is 19.2 Å². The molecule has 12 heteroatoms. The van der Waals surface area contributed by atoms with Crippen LogP contribution in [-0.2, 0) is 23.9 Å². The highest BCUT2D eigenvalue weighted by atomic mass is 16.6. The number of carbonyl (C=O) groups excluding carboxylic acids is 4. The molecule has 2 aromatic rings. The van der Waals surface area contributed by atoms with Crippen LogP contribution in [0.3, 0.4) is 0 Å². The molecule has 2 atom stereocenters. The second-order valence-corrected chi connectivity index (χ2v) is 14.2. The molecule has 0 spiro atoms. The fourth-order valence-electron chi connectivity index (χ4n) is 6.27. The number of piperidine rings is 1. The van der Waals surface area contributed by atoms with E-state index in [2.05, 4.69) is 5.32 Å². The Bertz CT molecular complexity index is 1530. The lowest BCUT2D eigenvalue weighted by Gasteiger charge is -2.40. The van der Waals surface area contributed by atoms with Gasteiger partial charge >= 0.3 is 6.09 Å². The standard InChI is InChI=1S/C36H48N4O8/c1-35(2,3)48-34(44)38-21-23(31(41)37-27-11-8-9-12-29(27)46-7)19-24(22-38)32(42)40(25-13-14-25)26-15-16-30-28(20-26)39(17-10-18-45-6)33(43)36(4,5)47-30/h8-9,11-12,15-16,20,23-25H,10,13-14,17-19,21-22H2,1-7H3,(H,37,41)/t23-,24+/m0/s1. The summed E-state index contributed by atoms with van der Waals surface area (Å²) in [6, 6.07) is 12.5. The summed E-state index contributed by atoms with van der Waals surface area (Å²) in [5.74, 6) is -0.960. The number of fused-ring (bicyclic) bond motifs is 1. The van der Waals surface area contributed by atoms with Crippen molar-refractivity contribution in [1.82, 2.24) is 4.90 Å². The Morgan fingerprint density at radius 2 is 1.75 bits per heavy atom. The minimum Gasteiger partial charge on any atom is -0.495 e. The maximum Gasteiger partial charge on any atom is 0.410 e. The maximum absolute atomic E-state index is 14.6. The van der Waals surface area contributed by atoms with Crippen molar-refractivity contribution in [3.63, 3.8) is 0 Å². The van der Waals surface area contributed by atoms with Gasteiger partial charge in [0, 0.05) is 45.1 Å². The Morgan fingerprint density at radius 1 is 1.04 bits per heavy atom. The summed E-state index contributed by atoms with van der Waals surface area (Å²) in [5, 5.41) is 2.94. The topological polar surface area (TPSA) is 127 Å². The third-order valence-electron chi connectivity index (χ3n) is 8.70. The highest BCUT2D eigenvalue weighted by molar-refractivity contribution is 6.04. The van der Waals surface area contributed by atoms with Crippen LogP contribution < -0.4 is 24.6 Å². The molecule has 2 heterocycles. The van der Waals surface area contributed by atoms with Gasteiger partial charge in [-0.3, -0.25) is 14.4 Å². The lowest BCUT2D eigenvalue weighted by molar-refractivity contribution is -0.132. The van der Waals surface area contributed by atoms with Crippen molar-refractivity contribution in [1.29, 1.82) is 0 Å². The summed E-state index contributed by atoms with van der Waals surface area (Å²) < 4.78 is 22.4. The van der Waals surface area contributed by atoms with Crippen molar-refractivity contribution < 1.29 is 38.1 Å². The third kappa shape index (κ3) is 7.86. The van der Waals surface area contributed by atoms with Crippen LogP contribution in [0.4, 0.5) is 21.9 Å². The van der Waals surface area contributed by atoms with E-state index in [1.165, 1.54) is 12.0 Å². The summed E-state index contributed by atoms with van der Waals surface area (Å²) in [4.78, 5) is 60.0. The van der Waals surface area contributed by atoms with Gasteiger partial charge in [0.2, 0.25) is 11.8 Å². The molecule has 260 valence electrons. The normalized spacial score (nSPS) is 20.4. The molecule has 4 amide bonds. The SMILES string of the molecule is COCCCN1C(=O)C(C)(C)Oc2ccc(N(C(=O)[C@@H]3C[C@H](C(=O)Nc4ccccc4OC)CN(C(=O)OC(C)(C)C)C3)C3CC3)cc21. The predicted molar refractivity (Wildman–Crippen MR) is 182 cm³/mol. The average Bonchev–Trinajstić information content (AvgIpc) is 3.87. The molecule has 5 rings (SSSR count). The number of ether oxygens (including phenoxy) is 4. The average molecular weight is 665 g/mol. The van der Waals surface area contributed by atoms with Crippen LogP contribution in [0.1, 0.15) is 60.3 Å². The Morgan fingerprint density at radius 3 is 2.42 bits per heavy atom. The van der Waals surface area contributed by atoms with E-state index in [-0.39, 0.29) is 43.3 Å². The molecule has 2 aromatic carbocycles. The highest BCUT2D eigenvalue weighted by Gasteiger charge is 2.45. The number of anilines is 3. The monoisotopic (exact) mass is 664 g/mol. The molecule has 0 bridgehead atoms. The summed E-state index contributed by atoms with van der Waals surface area (Å²) in [5.41, 5.74) is -0.0562. The zero-order chi connectivity index (χ0) is 34.8. The maximum atomic E-state index is 14.6. The second kappa shape index (κ2) is 14.0. The summed E-state index contributed by atoms with van der Waals surface area (Å²) in [7, 11) is 3.15. The van der Waals surface area contributed by atoms with E-state index >= 15 is 0 Å². The predicted octanol–water partition coefficient (Wildman–Crippen LogP) is 5.24. The molecule has 1 aliphatic carbocycles. The lowest BCUT2D eigenvalue weighted by Crippen LogP contribution is -2.53. The van der Waals surface area contributed by atoms with Crippen LogP contribution in [-0.4, -0.2) is 86.4 Å². The van der Waals surface area contributed by atoms with Gasteiger partial charge in [0.15, 0.2) is 5.60 Å². The zero-order valence-corrected chi connectivity index (χ0v) is 29.0. The number of methoxy groups -OCH3 is 2. The lowest BCUT2D eigenvalue weighted by atomic mass is 9.87. The minimum absolute atomic E-state index is 0.0353. The molecular formula is C36H48N4O8. The Labute approximate surface area is 282 Å².